The minimum Gasteiger partial charge on any atom is -0.459 e. The van der Waals surface area contributed by atoms with Crippen LogP contribution in [0.4, 0.5) is 11.5 Å². The molecule has 2 atom stereocenters. The van der Waals surface area contributed by atoms with Crippen LogP contribution in [0.3, 0.4) is 0 Å². The molecule has 0 saturated heterocycles. The number of esters is 1. The zero-order chi connectivity index (χ0) is 27.7. The minimum absolute atomic E-state index is 0.00991. The largest absolute Gasteiger partial charge is 0.459 e. The highest BCUT2D eigenvalue weighted by Gasteiger charge is 2.19. The highest BCUT2D eigenvalue weighted by atomic mass is 16.6. The molecule has 2 aromatic carbocycles. The van der Waals surface area contributed by atoms with Gasteiger partial charge in [-0.25, -0.2) is 9.97 Å². The number of nitrogens with one attached hydrogen (secondary N) is 2. The summed E-state index contributed by atoms with van der Waals surface area (Å²) in [4.78, 5) is 35.3. The molecular formula is C29H37N5O4. The van der Waals surface area contributed by atoms with Gasteiger partial charge < -0.3 is 20.5 Å². The van der Waals surface area contributed by atoms with Gasteiger partial charge in [0.25, 0.3) is 0 Å². The van der Waals surface area contributed by atoms with Gasteiger partial charge in [0.15, 0.2) is 0 Å². The molecular weight excluding hydrogens is 482 g/mol. The summed E-state index contributed by atoms with van der Waals surface area (Å²) in [6.45, 7) is 9.69. The molecule has 3 N–H and O–H groups in total. The van der Waals surface area contributed by atoms with Crippen LogP contribution >= 0.6 is 0 Å². The van der Waals surface area contributed by atoms with Crippen molar-refractivity contribution in [3.05, 3.63) is 72.6 Å². The molecule has 9 nitrogen and oxygen atoms in total. The van der Waals surface area contributed by atoms with Crippen molar-refractivity contribution in [2.45, 2.75) is 52.4 Å². The topological polar surface area (TPSA) is 117 Å². The Morgan fingerprint density at radius 3 is 2.53 bits per heavy atom. The lowest BCUT2D eigenvalue weighted by atomic mass is 10.1. The third-order valence-electron chi connectivity index (χ3n) is 5.48. The lowest BCUT2D eigenvalue weighted by Crippen LogP contribution is -2.38. The Morgan fingerprint density at radius 2 is 1.84 bits per heavy atom. The number of aliphatic hydroxyl groups excluding tert-OH is 1. The standard InChI is InChI=1S/C29H37N5O4/c1-20(35)17-34(18-27(37)38-29(3,4)5)15-9-12-26(36)33-23-13-14-25-24(16-23)28(31-19-30-25)32-21(2)22-10-7-6-8-11-22/h6-14,16,19-21,35H,15,17-18H2,1-5H3,(H,33,36)(H,30,31,32)/t20-,21-/m1/s1. The van der Waals surface area contributed by atoms with E-state index in [0.717, 1.165) is 16.5 Å². The Morgan fingerprint density at radius 1 is 1.11 bits per heavy atom. The van der Waals surface area contributed by atoms with Crippen LogP contribution in [0.15, 0.2) is 67.0 Å². The van der Waals surface area contributed by atoms with E-state index in [1.54, 1.807) is 44.7 Å². The molecule has 3 rings (SSSR count). The van der Waals surface area contributed by atoms with Crippen LogP contribution in [-0.2, 0) is 14.3 Å². The predicted molar refractivity (Wildman–Crippen MR) is 150 cm³/mol. The van der Waals surface area contributed by atoms with Crippen molar-refractivity contribution in [2.24, 2.45) is 0 Å². The fourth-order valence-corrected chi connectivity index (χ4v) is 3.91. The van der Waals surface area contributed by atoms with Crippen LogP contribution in [0.5, 0.6) is 0 Å². The smallest absolute Gasteiger partial charge is 0.320 e. The number of carbonyl (C=O) groups is 2. The van der Waals surface area contributed by atoms with Crippen LogP contribution in [0, 0.1) is 0 Å². The number of ether oxygens (including phenoxy) is 1. The van der Waals surface area contributed by atoms with Gasteiger partial charge in [0.05, 0.1) is 18.2 Å². The summed E-state index contributed by atoms with van der Waals surface area (Å²) in [6.07, 6.45) is 3.94. The lowest BCUT2D eigenvalue weighted by molar-refractivity contribution is -0.156. The van der Waals surface area contributed by atoms with E-state index in [9.17, 15) is 14.7 Å². The van der Waals surface area contributed by atoms with Gasteiger partial charge in [-0.2, -0.15) is 0 Å². The second-order valence-corrected chi connectivity index (χ2v) is 10.3. The third-order valence-corrected chi connectivity index (χ3v) is 5.48. The van der Waals surface area contributed by atoms with Crippen LogP contribution in [0.2, 0.25) is 0 Å². The zero-order valence-electron chi connectivity index (χ0n) is 22.6. The first-order valence-electron chi connectivity index (χ1n) is 12.7. The number of anilines is 2. The SMILES string of the molecule is C[C@@H](O)CN(CC=CC(=O)Nc1ccc2ncnc(N[C@H](C)c3ccccc3)c2c1)CC(=O)OC(C)(C)C. The molecule has 0 fully saturated rings. The summed E-state index contributed by atoms with van der Waals surface area (Å²) in [5, 5.41) is 16.9. The zero-order valence-corrected chi connectivity index (χ0v) is 22.6. The van der Waals surface area contributed by atoms with E-state index in [1.165, 1.54) is 12.4 Å². The average Bonchev–Trinajstić information content (AvgIpc) is 2.83. The van der Waals surface area contributed by atoms with E-state index in [-0.39, 0.29) is 31.0 Å². The molecule has 38 heavy (non-hydrogen) atoms. The van der Waals surface area contributed by atoms with E-state index in [1.807, 2.05) is 30.3 Å². The number of hydrogen-bond acceptors (Lipinski definition) is 8. The van der Waals surface area contributed by atoms with Crippen LogP contribution < -0.4 is 10.6 Å². The second kappa shape index (κ2) is 13.1. The van der Waals surface area contributed by atoms with Gasteiger partial charge >= 0.3 is 5.97 Å². The molecule has 0 radical (unpaired) electrons. The molecule has 202 valence electrons. The van der Waals surface area contributed by atoms with Crippen molar-refractivity contribution in [1.82, 2.24) is 14.9 Å². The maximum atomic E-state index is 12.6. The fraction of sp³-hybridized carbons (Fsp3) is 0.379. The second-order valence-electron chi connectivity index (χ2n) is 10.3. The maximum Gasteiger partial charge on any atom is 0.320 e. The molecule has 1 heterocycles. The predicted octanol–water partition coefficient (Wildman–Crippen LogP) is 4.32. The van der Waals surface area contributed by atoms with Gasteiger partial charge in [-0.1, -0.05) is 36.4 Å². The van der Waals surface area contributed by atoms with Gasteiger partial charge in [-0.15, -0.1) is 0 Å². The number of nitrogens with zero attached hydrogens (tertiary/aromatic N) is 3. The first kappa shape index (κ1) is 28.7. The minimum atomic E-state index is -0.633. The van der Waals surface area contributed by atoms with E-state index < -0.39 is 11.7 Å². The highest BCUT2D eigenvalue weighted by molar-refractivity contribution is 6.01. The monoisotopic (exact) mass is 519 g/mol. The number of hydrogen-bond donors (Lipinski definition) is 3. The Balaban J connectivity index is 1.65. The molecule has 0 saturated carbocycles. The van der Waals surface area contributed by atoms with Crippen molar-refractivity contribution >= 4 is 34.3 Å². The van der Waals surface area contributed by atoms with Crippen LogP contribution in [-0.4, -0.2) is 63.2 Å². The number of fused-ring (bicyclic) bond motifs is 1. The molecule has 1 aromatic heterocycles. The van der Waals surface area contributed by atoms with Gasteiger partial charge in [0, 0.05) is 36.3 Å². The molecule has 0 aliphatic rings. The van der Waals surface area contributed by atoms with E-state index >= 15 is 0 Å². The molecule has 3 aromatic rings. The van der Waals surface area contributed by atoms with E-state index in [4.69, 9.17) is 4.74 Å². The number of amides is 1. The molecule has 1 amide bonds. The first-order valence-corrected chi connectivity index (χ1v) is 12.7. The molecule has 0 aliphatic heterocycles. The summed E-state index contributed by atoms with van der Waals surface area (Å²) in [5.41, 5.74) is 1.90. The number of aromatic nitrogens is 2. The van der Waals surface area contributed by atoms with Crippen molar-refractivity contribution in [3.8, 4) is 0 Å². The Labute approximate surface area is 223 Å². The van der Waals surface area contributed by atoms with Crippen molar-refractivity contribution in [3.63, 3.8) is 0 Å². The summed E-state index contributed by atoms with van der Waals surface area (Å²) < 4.78 is 5.37. The highest BCUT2D eigenvalue weighted by Crippen LogP contribution is 2.26. The molecule has 0 bridgehead atoms. The van der Waals surface area contributed by atoms with Gasteiger partial charge in [0.2, 0.25) is 5.91 Å². The molecule has 0 aliphatic carbocycles. The molecule has 0 spiro atoms. The number of benzene rings is 2. The normalized spacial score (nSPS) is 13.4. The summed E-state index contributed by atoms with van der Waals surface area (Å²) in [7, 11) is 0. The van der Waals surface area contributed by atoms with Crippen LogP contribution in [0.25, 0.3) is 10.9 Å². The quantitative estimate of drug-likeness (QED) is 0.253. The van der Waals surface area contributed by atoms with Crippen molar-refractivity contribution < 1.29 is 19.4 Å². The molecule has 0 unspecified atom stereocenters. The lowest BCUT2D eigenvalue weighted by Gasteiger charge is -2.25. The van der Waals surface area contributed by atoms with Gasteiger partial charge in [-0.3, -0.25) is 14.5 Å². The Hall–Kier alpha value is -3.82. The van der Waals surface area contributed by atoms with Gasteiger partial charge in [0.1, 0.15) is 17.7 Å². The number of rotatable bonds is 11. The summed E-state index contributed by atoms with van der Waals surface area (Å²) in [5.74, 6) is -0.0306. The Kier molecular flexibility index (Phi) is 9.92. The van der Waals surface area contributed by atoms with Crippen molar-refractivity contribution in [1.29, 1.82) is 0 Å². The maximum absolute atomic E-state index is 12.6. The average molecular weight is 520 g/mol. The number of aliphatic hydroxyl groups is 1. The van der Waals surface area contributed by atoms with Gasteiger partial charge in [-0.05, 0) is 58.4 Å². The van der Waals surface area contributed by atoms with Crippen molar-refractivity contribution in [2.75, 3.05) is 30.3 Å². The van der Waals surface area contributed by atoms with E-state index in [0.29, 0.717) is 18.1 Å². The third kappa shape index (κ3) is 9.24. The van der Waals surface area contributed by atoms with E-state index in [2.05, 4.69) is 39.7 Å². The molecule has 9 heteroatoms. The summed E-state index contributed by atoms with van der Waals surface area (Å²) >= 11 is 0. The Bertz CT molecular complexity index is 1250. The summed E-state index contributed by atoms with van der Waals surface area (Å²) in [6, 6.07) is 15.6. The number of carbonyl (C=O) groups excluding carboxylic acids is 2. The fourth-order valence-electron chi connectivity index (χ4n) is 3.91. The first-order chi connectivity index (χ1) is 18.0. The van der Waals surface area contributed by atoms with Crippen LogP contribution in [0.1, 0.15) is 46.2 Å².